The van der Waals surface area contributed by atoms with Crippen molar-refractivity contribution in [1.29, 1.82) is 0 Å². The molecule has 0 aromatic heterocycles. The third kappa shape index (κ3) is 57.1. The highest BCUT2D eigenvalue weighted by molar-refractivity contribution is 5.76. The molecule has 422 valence electrons. The predicted molar refractivity (Wildman–Crippen MR) is 315 cm³/mol. The van der Waals surface area contributed by atoms with E-state index in [0.29, 0.717) is 19.4 Å². The number of unbranched alkanes of at least 4 members (excludes halogenated alkanes) is 42. The highest BCUT2D eigenvalue weighted by Gasteiger charge is 2.18. The topological polar surface area (TPSA) is 95.9 Å². The maximum atomic E-state index is 12.5. The van der Waals surface area contributed by atoms with Crippen molar-refractivity contribution in [3.8, 4) is 0 Å². The molecule has 0 bridgehead atoms. The molecule has 1 amide bonds. The summed E-state index contributed by atoms with van der Waals surface area (Å²) in [5, 5.41) is 23.2. The molecule has 0 spiro atoms. The number of amides is 1. The Labute approximate surface area is 448 Å². The number of nitrogens with one attached hydrogen (secondary N) is 1. The van der Waals surface area contributed by atoms with E-state index in [1.54, 1.807) is 6.08 Å². The fourth-order valence-corrected chi connectivity index (χ4v) is 9.69. The summed E-state index contributed by atoms with van der Waals surface area (Å²) in [6.45, 7) is 4.77. The van der Waals surface area contributed by atoms with Crippen molar-refractivity contribution in [3.63, 3.8) is 0 Å². The van der Waals surface area contributed by atoms with Gasteiger partial charge in [0, 0.05) is 12.8 Å². The average molecular weight is 1010 g/mol. The molecule has 0 aromatic carbocycles. The zero-order valence-corrected chi connectivity index (χ0v) is 48.2. The number of hydrogen-bond acceptors (Lipinski definition) is 5. The fourth-order valence-electron chi connectivity index (χ4n) is 9.69. The Morgan fingerprint density at radius 3 is 1.11 bits per heavy atom. The molecule has 0 saturated carbocycles. The van der Waals surface area contributed by atoms with Crippen LogP contribution in [0.3, 0.4) is 0 Å². The highest BCUT2D eigenvalue weighted by Crippen LogP contribution is 2.17. The minimum atomic E-state index is -0.850. The number of carbonyl (C=O) groups excluding carboxylic acids is 2. The van der Waals surface area contributed by atoms with Crippen LogP contribution in [0.2, 0.25) is 0 Å². The zero-order valence-electron chi connectivity index (χ0n) is 48.2. The second kappa shape index (κ2) is 61.4. The van der Waals surface area contributed by atoms with Crippen LogP contribution in [0.4, 0.5) is 0 Å². The maximum Gasteiger partial charge on any atom is 0.305 e. The number of carbonyl (C=O) groups is 2. The first-order chi connectivity index (χ1) is 35.5. The lowest BCUT2D eigenvalue weighted by atomic mass is 10.0. The summed E-state index contributed by atoms with van der Waals surface area (Å²) in [7, 11) is 0. The van der Waals surface area contributed by atoms with E-state index < -0.39 is 12.1 Å². The lowest BCUT2D eigenvalue weighted by Gasteiger charge is -2.20. The molecule has 0 aliphatic rings. The van der Waals surface area contributed by atoms with E-state index in [1.165, 1.54) is 257 Å². The summed E-state index contributed by atoms with van der Waals surface area (Å²) in [6, 6.07) is -0.634. The molecule has 0 rings (SSSR count). The highest BCUT2D eigenvalue weighted by atomic mass is 16.5. The number of hydrogen-bond donors (Lipinski definition) is 3. The lowest BCUT2D eigenvalue weighted by molar-refractivity contribution is -0.143. The summed E-state index contributed by atoms with van der Waals surface area (Å²) in [6.07, 6.45) is 78.9. The second-order valence-electron chi connectivity index (χ2n) is 21.7. The Morgan fingerprint density at radius 2 is 0.708 bits per heavy atom. The van der Waals surface area contributed by atoms with E-state index in [1.807, 2.05) is 6.08 Å². The van der Waals surface area contributed by atoms with Gasteiger partial charge in [-0.2, -0.15) is 0 Å². The van der Waals surface area contributed by atoms with E-state index in [9.17, 15) is 19.8 Å². The van der Waals surface area contributed by atoms with Crippen molar-refractivity contribution in [1.82, 2.24) is 5.32 Å². The summed E-state index contributed by atoms with van der Waals surface area (Å²) < 4.78 is 5.39. The minimum Gasteiger partial charge on any atom is -0.465 e. The monoisotopic (exact) mass is 1010 g/mol. The van der Waals surface area contributed by atoms with Gasteiger partial charge in [0.15, 0.2) is 0 Å². The van der Waals surface area contributed by atoms with Gasteiger partial charge in [-0.25, -0.2) is 0 Å². The first kappa shape index (κ1) is 69.8. The number of esters is 1. The van der Waals surface area contributed by atoms with Gasteiger partial charge < -0.3 is 20.3 Å². The minimum absolute atomic E-state index is 0.0470. The van der Waals surface area contributed by atoms with Crippen LogP contribution >= 0.6 is 0 Å². The third-order valence-electron chi connectivity index (χ3n) is 14.6. The number of aliphatic hydroxyl groups excluding tert-OH is 2. The zero-order chi connectivity index (χ0) is 52.2. The Kier molecular flexibility index (Phi) is 59.5. The molecule has 0 aliphatic carbocycles. The van der Waals surface area contributed by atoms with Gasteiger partial charge >= 0.3 is 5.97 Å². The normalized spacial score (nSPS) is 12.9. The quantitative estimate of drug-likeness (QED) is 0.0320. The van der Waals surface area contributed by atoms with Crippen molar-refractivity contribution in [3.05, 3.63) is 48.6 Å². The van der Waals surface area contributed by atoms with Crippen LogP contribution in [0.5, 0.6) is 0 Å². The number of rotatable bonds is 59. The van der Waals surface area contributed by atoms with Gasteiger partial charge in [0.05, 0.1) is 25.4 Å². The van der Waals surface area contributed by atoms with Gasteiger partial charge in [0.25, 0.3) is 0 Å². The van der Waals surface area contributed by atoms with Crippen LogP contribution in [-0.4, -0.2) is 47.4 Å². The van der Waals surface area contributed by atoms with Crippen LogP contribution in [-0.2, 0) is 14.3 Å². The smallest absolute Gasteiger partial charge is 0.305 e. The molecule has 0 saturated heterocycles. The summed E-state index contributed by atoms with van der Waals surface area (Å²) in [5.41, 5.74) is 0. The third-order valence-corrected chi connectivity index (χ3v) is 14.6. The van der Waals surface area contributed by atoms with Crippen molar-refractivity contribution < 1.29 is 24.5 Å². The first-order valence-corrected chi connectivity index (χ1v) is 31.9. The van der Waals surface area contributed by atoms with E-state index in [2.05, 4.69) is 55.6 Å². The molecule has 0 heterocycles. The van der Waals surface area contributed by atoms with Gasteiger partial charge in [-0.05, 0) is 70.6 Å². The van der Waals surface area contributed by atoms with Crippen molar-refractivity contribution in [2.45, 2.75) is 347 Å². The number of allylic oxidation sites excluding steroid dienone is 6. The van der Waals surface area contributed by atoms with Crippen LogP contribution in [0, 0.1) is 0 Å². The molecule has 0 radical (unpaired) electrons. The van der Waals surface area contributed by atoms with E-state index >= 15 is 0 Å². The van der Waals surface area contributed by atoms with Gasteiger partial charge in [-0.15, -0.1) is 0 Å². The van der Waals surface area contributed by atoms with Crippen molar-refractivity contribution in [2.75, 3.05) is 13.2 Å². The molecular formula is C66H123NO5. The van der Waals surface area contributed by atoms with Crippen molar-refractivity contribution >= 4 is 11.9 Å². The molecule has 72 heavy (non-hydrogen) atoms. The van der Waals surface area contributed by atoms with Crippen LogP contribution in [0.25, 0.3) is 0 Å². The van der Waals surface area contributed by atoms with E-state index in [-0.39, 0.29) is 18.5 Å². The Morgan fingerprint density at radius 1 is 0.389 bits per heavy atom. The van der Waals surface area contributed by atoms with Crippen LogP contribution < -0.4 is 5.32 Å². The second-order valence-corrected chi connectivity index (χ2v) is 21.7. The van der Waals surface area contributed by atoms with E-state index in [0.717, 1.165) is 51.4 Å². The number of aliphatic hydroxyl groups is 2. The SMILES string of the molecule is CCCC/C=C\CCCCCCCC(=O)OCC/C=C\C/C=C\CCCCCCCCCCCCCCCCC(=O)NC(CO)C(O)/C=C/CCCCCCCCCCCCCCCCCCCCCCC. The summed E-state index contributed by atoms with van der Waals surface area (Å²) in [5.74, 6) is -0.117. The lowest BCUT2D eigenvalue weighted by Crippen LogP contribution is -2.45. The molecule has 6 nitrogen and oxygen atoms in total. The van der Waals surface area contributed by atoms with Crippen molar-refractivity contribution in [2.24, 2.45) is 0 Å². The molecule has 3 N–H and O–H groups in total. The summed E-state index contributed by atoms with van der Waals surface area (Å²) in [4.78, 5) is 24.5. The number of ether oxygens (including phenoxy) is 1. The Bertz CT molecular complexity index is 1210. The largest absolute Gasteiger partial charge is 0.465 e. The molecule has 0 fully saturated rings. The summed E-state index contributed by atoms with van der Waals surface area (Å²) >= 11 is 0. The molecular weight excluding hydrogens is 887 g/mol. The average Bonchev–Trinajstić information content (AvgIpc) is 3.38. The molecule has 0 aliphatic heterocycles. The van der Waals surface area contributed by atoms with Crippen LogP contribution in [0.1, 0.15) is 335 Å². The molecule has 0 aromatic rings. The van der Waals surface area contributed by atoms with Gasteiger partial charge in [-0.1, -0.05) is 300 Å². The van der Waals surface area contributed by atoms with Gasteiger partial charge in [0.1, 0.15) is 0 Å². The fraction of sp³-hybridized carbons (Fsp3) is 0.848. The Balaban J connectivity index is 3.49. The maximum absolute atomic E-state index is 12.5. The van der Waals surface area contributed by atoms with Crippen LogP contribution in [0.15, 0.2) is 48.6 Å². The van der Waals surface area contributed by atoms with Gasteiger partial charge in [0.2, 0.25) is 5.91 Å². The standard InChI is InChI=1S/C66H123NO5/c1-3-5-7-9-11-13-15-16-17-18-19-20-21-23-26-29-32-35-39-42-46-50-54-58-64(69)63(62-68)67-65(70)59-55-51-47-43-40-36-33-30-27-24-22-25-28-31-34-37-41-45-49-53-57-61-72-66(71)60-56-52-48-44-38-14-12-10-8-6-4-2/h10,12,37,41,49,53-54,58,63-64,68-69H,3-9,11,13-36,38-40,42-48,50-52,55-57,59-62H2,1-2H3,(H,67,70)/b12-10-,41-37-,53-49-,58-54+. The molecule has 6 heteroatoms. The van der Waals surface area contributed by atoms with E-state index in [4.69, 9.17) is 4.74 Å². The molecule has 2 atom stereocenters. The first-order valence-electron chi connectivity index (χ1n) is 31.9. The predicted octanol–water partition coefficient (Wildman–Crippen LogP) is 20.1. The Hall–Kier alpha value is -2.18. The molecule has 2 unspecified atom stereocenters. The van der Waals surface area contributed by atoms with Gasteiger partial charge in [-0.3, -0.25) is 9.59 Å².